The molecule has 37 heavy (non-hydrogen) atoms. The van der Waals surface area contributed by atoms with Crippen LogP contribution in [0.4, 0.5) is 15.2 Å². The highest BCUT2D eigenvalue weighted by molar-refractivity contribution is 7.22. The highest BCUT2D eigenvalue weighted by atomic mass is 32.1. The molecule has 0 bridgehead atoms. The van der Waals surface area contributed by atoms with E-state index in [2.05, 4.69) is 24.8 Å². The lowest BCUT2D eigenvalue weighted by Crippen LogP contribution is -2.43. The molecule has 11 heteroatoms. The van der Waals surface area contributed by atoms with Crippen LogP contribution in [0.1, 0.15) is 36.9 Å². The summed E-state index contributed by atoms with van der Waals surface area (Å²) in [6.07, 6.45) is 7.16. The molecule has 1 aromatic carbocycles. The number of thiazole rings is 1. The van der Waals surface area contributed by atoms with Crippen LogP contribution >= 0.6 is 11.3 Å². The average Bonchev–Trinajstić information content (AvgIpc) is 3.60. The number of methoxy groups -OCH3 is 1. The molecule has 0 aliphatic carbocycles. The SMILES string of the molecule is COc1nc(OCC23CCCN2CCC3)nc2c1CCN(c1ccc(F)c3sc(/N=C/N(C)C)nc13)C2. The Balaban J connectivity index is 1.28. The van der Waals surface area contributed by atoms with Gasteiger partial charge in [0.15, 0.2) is 0 Å². The fourth-order valence-corrected chi connectivity index (χ4v) is 6.73. The fraction of sp³-hybridized carbons (Fsp3) is 0.538. The topological polar surface area (TPSA) is 79.2 Å². The van der Waals surface area contributed by atoms with Gasteiger partial charge in [-0.1, -0.05) is 11.3 Å². The van der Waals surface area contributed by atoms with Gasteiger partial charge in [0.2, 0.25) is 11.0 Å². The van der Waals surface area contributed by atoms with Gasteiger partial charge in [-0.15, -0.1) is 0 Å². The van der Waals surface area contributed by atoms with Crippen LogP contribution in [0.2, 0.25) is 0 Å². The zero-order valence-corrected chi connectivity index (χ0v) is 22.4. The molecule has 0 amide bonds. The van der Waals surface area contributed by atoms with Crippen LogP contribution in [0, 0.1) is 5.82 Å². The Hall–Kier alpha value is -3.05. The van der Waals surface area contributed by atoms with Gasteiger partial charge < -0.3 is 19.3 Å². The normalized spacial score (nSPS) is 19.0. The number of halogens is 1. The van der Waals surface area contributed by atoms with Crippen molar-refractivity contribution in [2.75, 3.05) is 52.3 Å². The van der Waals surface area contributed by atoms with E-state index in [0.717, 1.165) is 49.4 Å². The van der Waals surface area contributed by atoms with Crippen molar-refractivity contribution in [3.05, 3.63) is 29.2 Å². The molecule has 2 aromatic heterocycles. The first-order chi connectivity index (χ1) is 18.0. The highest BCUT2D eigenvalue weighted by Gasteiger charge is 2.45. The Bertz CT molecular complexity index is 1330. The van der Waals surface area contributed by atoms with Gasteiger partial charge in [0.25, 0.3) is 0 Å². The largest absolute Gasteiger partial charge is 0.481 e. The molecule has 3 aliphatic heterocycles. The minimum Gasteiger partial charge on any atom is -0.481 e. The summed E-state index contributed by atoms with van der Waals surface area (Å²) in [4.78, 5) is 25.0. The van der Waals surface area contributed by atoms with Gasteiger partial charge in [0, 0.05) is 26.2 Å². The molecule has 0 unspecified atom stereocenters. The predicted molar refractivity (Wildman–Crippen MR) is 143 cm³/mol. The first-order valence-electron chi connectivity index (χ1n) is 12.8. The minimum absolute atomic E-state index is 0.121. The Morgan fingerprint density at radius 1 is 1.16 bits per heavy atom. The molecular formula is C26H32FN7O2S. The van der Waals surface area contributed by atoms with E-state index < -0.39 is 0 Å². The van der Waals surface area contributed by atoms with Gasteiger partial charge in [0.05, 0.1) is 41.6 Å². The molecule has 0 saturated carbocycles. The van der Waals surface area contributed by atoms with Gasteiger partial charge >= 0.3 is 6.01 Å². The van der Waals surface area contributed by atoms with Crippen molar-refractivity contribution in [3.8, 4) is 11.9 Å². The maximum absolute atomic E-state index is 14.7. The summed E-state index contributed by atoms with van der Waals surface area (Å²) < 4.78 is 27.1. The lowest BCUT2D eigenvalue weighted by molar-refractivity contribution is 0.106. The maximum Gasteiger partial charge on any atom is 0.320 e. The van der Waals surface area contributed by atoms with Crippen LogP contribution < -0.4 is 14.4 Å². The van der Waals surface area contributed by atoms with Crippen molar-refractivity contribution in [2.45, 2.75) is 44.2 Å². The van der Waals surface area contributed by atoms with E-state index in [1.54, 1.807) is 19.5 Å². The van der Waals surface area contributed by atoms with Crippen LogP contribution in [0.3, 0.4) is 0 Å². The third kappa shape index (κ3) is 4.48. The number of benzene rings is 1. The number of hydrogen-bond donors (Lipinski definition) is 0. The number of fused-ring (bicyclic) bond motifs is 3. The molecule has 9 nitrogen and oxygen atoms in total. The molecule has 6 rings (SSSR count). The monoisotopic (exact) mass is 525 g/mol. The van der Waals surface area contributed by atoms with Crippen LogP contribution in [0.15, 0.2) is 17.1 Å². The smallest absolute Gasteiger partial charge is 0.320 e. The molecule has 2 saturated heterocycles. The second-order valence-corrected chi connectivity index (χ2v) is 11.2. The molecule has 0 radical (unpaired) electrons. The van der Waals surface area contributed by atoms with Crippen LogP contribution in [0.25, 0.3) is 10.2 Å². The fourth-order valence-electron chi connectivity index (χ4n) is 5.90. The molecule has 0 N–H and O–H groups in total. The van der Waals surface area contributed by atoms with E-state index in [4.69, 9.17) is 14.5 Å². The molecule has 3 aromatic rings. The summed E-state index contributed by atoms with van der Waals surface area (Å²) in [5, 5.41) is 0.527. The standard InChI is InChI=1S/C26H32FN7O2S/c1-32(2)16-28-25-30-21-20(7-6-18(27)22(21)37-25)33-13-8-17-19(14-33)29-24(31-23(17)35-3)36-15-26-9-4-11-34(26)12-5-10-26/h6-7,16H,4-5,8-15H2,1-3H3/b28-16+. The minimum atomic E-state index is -0.285. The molecule has 3 aliphatic rings. The Labute approximate surface area is 219 Å². The number of nitrogens with zero attached hydrogens (tertiary/aromatic N) is 7. The van der Waals surface area contributed by atoms with Crippen molar-refractivity contribution in [1.29, 1.82) is 0 Å². The number of rotatable bonds is 7. The van der Waals surface area contributed by atoms with E-state index >= 15 is 0 Å². The number of aliphatic imine (C=N–C) groups is 1. The zero-order valence-electron chi connectivity index (χ0n) is 21.5. The van der Waals surface area contributed by atoms with Crippen molar-refractivity contribution >= 4 is 38.7 Å². The summed E-state index contributed by atoms with van der Waals surface area (Å²) in [6.45, 7) is 4.16. The van der Waals surface area contributed by atoms with Gasteiger partial charge in [-0.05, 0) is 57.3 Å². The van der Waals surface area contributed by atoms with E-state index in [0.29, 0.717) is 46.8 Å². The number of hydrogen-bond acceptors (Lipinski definition) is 9. The summed E-state index contributed by atoms with van der Waals surface area (Å²) >= 11 is 1.26. The van der Waals surface area contributed by atoms with E-state index in [1.807, 2.05) is 19.0 Å². The summed E-state index contributed by atoms with van der Waals surface area (Å²) in [5.41, 5.74) is 3.49. The molecule has 2 fully saturated rings. The van der Waals surface area contributed by atoms with Crippen LogP contribution in [0.5, 0.6) is 11.9 Å². The zero-order chi connectivity index (χ0) is 25.6. The third-order valence-corrected chi connectivity index (χ3v) is 8.66. The molecule has 0 atom stereocenters. The Morgan fingerprint density at radius 3 is 2.73 bits per heavy atom. The van der Waals surface area contributed by atoms with E-state index in [9.17, 15) is 4.39 Å². The maximum atomic E-state index is 14.7. The van der Waals surface area contributed by atoms with Crippen molar-refractivity contribution in [2.24, 2.45) is 4.99 Å². The highest BCUT2D eigenvalue weighted by Crippen LogP contribution is 2.40. The van der Waals surface area contributed by atoms with E-state index in [1.165, 1.54) is 30.2 Å². The van der Waals surface area contributed by atoms with Crippen LogP contribution in [-0.4, -0.2) is 84.1 Å². The Morgan fingerprint density at radius 2 is 1.97 bits per heavy atom. The lowest BCUT2D eigenvalue weighted by Gasteiger charge is -2.32. The van der Waals surface area contributed by atoms with Crippen LogP contribution in [-0.2, 0) is 13.0 Å². The van der Waals surface area contributed by atoms with E-state index in [-0.39, 0.29) is 11.4 Å². The van der Waals surface area contributed by atoms with Gasteiger partial charge in [-0.3, -0.25) is 4.90 Å². The summed E-state index contributed by atoms with van der Waals surface area (Å²) in [6, 6.07) is 3.67. The van der Waals surface area contributed by atoms with Gasteiger partial charge in [-0.25, -0.2) is 14.4 Å². The molecular weight excluding hydrogens is 493 g/mol. The van der Waals surface area contributed by atoms with Gasteiger partial charge in [-0.2, -0.15) is 9.97 Å². The van der Waals surface area contributed by atoms with Crippen molar-refractivity contribution in [3.63, 3.8) is 0 Å². The predicted octanol–water partition coefficient (Wildman–Crippen LogP) is 4.03. The lowest BCUT2D eigenvalue weighted by atomic mass is 9.95. The summed E-state index contributed by atoms with van der Waals surface area (Å²) in [5.74, 6) is 0.289. The van der Waals surface area contributed by atoms with Crippen molar-refractivity contribution in [1.82, 2.24) is 24.8 Å². The van der Waals surface area contributed by atoms with Gasteiger partial charge in [0.1, 0.15) is 17.9 Å². The van der Waals surface area contributed by atoms with Crippen molar-refractivity contribution < 1.29 is 13.9 Å². The first-order valence-corrected chi connectivity index (χ1v) is 13.6. The average molecular weight is 526 g/mol. The molecule has 5 heterocycles. The molecule has 196 valence electrons. The third-order valence-electron chi connectivity index (χ3n) is 7.68. The number of aromatic nitrogens is 3. The molecule has 0 spiro atoms. The number of ether oxygens (including phenoxy) is 2. The first kappa shape index (κ1) is 24.3. The Kier molecular flexibility index (Phi) is 6.36. The second kappa shape index (κ2) is 9.68. The number of anilines is 1. The second-order valence-electron chi connectivity index (χ2n) is 10.3. The summed E-state index contributed by atoms with van der Waals surface area (Å²) in [7, 11) is 5.42. The quantitative estimate of drug-likeness (QED) is 0.338.